The Bertz CT molecular complexity index is 250. The van der Waals surface area contributed by atoms with E-state index in [0.717, 1.165) is 11.5 Å². The topological polar surface area (TPSA) is 13.1 Å². The summed E-state index contributed by atoms with van der Waals surface area (Å²) in [5, 5.41) is 0. The van der Waals surface area contributed by atoms with Gasteiger partial charge in [0.15, 0.2) is 0 Å². The highest BCUT2D eigenvalue weighted by molar-refractivity contribution is 5.40. The van der Waals surface area contributed by atoms with Gasteiger partial charge in [-0.25, -0.2) is 0 Å². The van der Waals surface area contributed by atoms with E-state index >= 15 is 0 Å². The molecule has 1 heteroatoms. The first-order chi connectivity index (χ1) is 5.04. The van der Waals surface area contributed by atoms with E-state index in [1.54, 1.807) is 6.08 Å². The monoisotopic (exact) mass is 150 g/mol. The summed E-state index contributed by atoms with van der Waals surface area (Å²) in [5.74, 6) is 1.85. The van der Waals surface area contributed by atoms with Gasteiger partial charge in [-0.1, -0.05) is 27.4 Å². The third-order valence-electron chi connectivity index (χ3n) is 1.57. The molecule has 0 unspecified atom stereocenters. The van der Waals surface area contributed by atoms with Crippen LogP contribution in [-0.2, 0) is 5.41 Å². The second kappa shape index (κ2) is 2.57. The fourth-order valence-electron chi connectivity index (χ4n) is 0.866. The van der Waals surface area contributed by atoms with Gasteiger partial charge in [0.1, 0.15) is 11.5 Å². The largest absolute Gasteiger partial charge is 0.461 e. The van der Waals surface area contributed by atoms with E-state index < -0.39 is 0 Å². The summed E-state index contributed by atoms with van der Waals surface area (Å²) in [6.07, 6.45) is 1.72. The van der Waals surface area contributed by atoms with Crippen LogP contribution in [-0.4, -0.2) is 0 Å². The summed E-state index contributed by atoms with van der Waals surface area (Å²) < 4.78 is 5.48. The Balaban J connectivity index is 2.98. The normalized spacial score (nSPS) is 11.5. The van der Waals surface area contributed by atoms with Crippen LogP contribution in [0, 0.1) is 0 Å². The molecule has 0 saturated carbocycles. The second-order valence-electron chi connectivity index (χ2n) is 3.66. The molecule has 1 aromatic rings. The molecule has 1 aromatic heterocycles. The zero-order valence-electron chi connectivity index (χ0n) is 7.35. The molecule has 0 aliphatic rings. The smallest absolute Gasteiger partial charge is 0.126 e. The van der Waals surface area contributed by atoms with E-state index in [1.807, 2.05) is 12.1 Å². The van der Waals surface area contributed by atoms with Crippen LogP contribution < -0.4 is 0 Å². The van der Waals surface area contributed by atoms with Crippen molar-refractivity contribution < 1.29 is 4.42 Å². The highest BCUT2D eigenvalue weighted by atomic mass is 16.3. The lowest BCUT2D eigenvalue weighted by Gasteiger charge is -2.13. The van der Waals surface area contributed by atoms with Crippen LogP contribution in [0.25, 0.3) is 6.08 Å². The van der Waals surface area contributed by atoms with Crippen LogP contribution in [0.3, 0.4) is 0 Å². The van der Waals surface area contributed by atoms with Crippen molar-refractivity contribution in [3.05, 3.63) is 30.2 Å². The van der Waals surface area contributed by atoms with E-state index in [-0.39, 0.29) is 5.41 Å². The maximum absolute atomic E-state index is 5.48. The standard InChI is InChI=1S/C10H14O/c1-5-8-6-7-9(11-8)10(2,3)4/h5-7H,1H2,2-4H3. The lowest BCUT2D eigenvalue weighted by atomic mass is 9.94. The summed E-state index contributed by atoms with van der Waals surface area (Å²) in [6, 6.07) is 3.94. The molecule has 60 valence electrons. The molecule has 0 aliphatic heterocycles. The summed E-state index contributed by atoms with van der Waals surface area (Å²) >= 11 is 0. The number of hydrogen-bond acceptors (Lipinski definition) is 1. The molecule has 0 amide bonds. The molecule has 0 bridgehead atoms. The molecule has 0 fully saturated rings. The first-order valence-corrected chi connectivity index (χ1v) is 3.77. The molecule has 1 nitrogen and oxygen atoms in total. The second-order valence-corrected chi connectivity index (χ2v) is 3.66. The van der Waals surface area contributed by atoms with Crippen LogP contribution in [0.1, 0.15) is 32.3 Å². The zero-order chi connectivity index (χ0) is 8.48. The molecule has 0 aromatic carbocycles. The Morgan fingerprint density at radius 1 is 1.36 bits per heavy atom. The molecule has 0 spiro atoms. The average Bonchev–Trinajstić information content (AvgIpc) is 2.32. The van der Waals surface area contributed by atoms with Gasteiger partial charge in [-0.05, 0) is 18.2 Å². The molecule has 0 saturated heterocycles. The minimum absolute atomic E-state index is 0.0985. The van der Waals surface area contributed by atoms with Crippen LogP contribution >= 0.6 is 0 Å². The van der Waals surface area contributed by atoms with Crippen molar-refractivity contribution in [1.82, 2.24) is 0 Å². The van der Waals surface area contributed by atoms with E-state index in [1.165, 1.54) is 0 Å². The number of furan rings is 1. The molecule has 1 rings (SSSR count). The fraction of sp³-hybridized carbons (Fsp3) is 0.400. The van der Waals surface area contributed by atoms with Gasteiger partial charge < -0.3 is 4.42 Å². The molecule has 0 aliphatic carbocycles. The fourth-order valence-corrected chi connectivity index (χ4v) is 0.866. The SMILES string of the molecule is C=Cc1ccc(C(C)(C)C)o1. The average molecular weight is 150 g/mol. The number of hydrogen-bond donors (Lipinski definition) is 0. The predicted molar refractivity (Wildman–Crippen MR) is 47.5 cm³/mol. The minimum atomic E-state index is 0.0985. The van der Waals surface area contributed by atoms with Crippen molar-refractivity contribution in [2.75, 3.05) is 0 Å². The van der Waals surface area contributed by atoms with Crippen molar-refractivity contribution in [2.45, 2.75) is 26.2 Å². The van der Waals surface area contributed by atoms with Crippen molar-refractivity contribution in [2.24, 2.45) is 0 Å². The van der Waals surface area contributed by atoms with Crippen molar-refractivity contribution in [3.8, 4) is 0 Å². The first kappa shape index (κ1) is 8.12. The van der Waals surface area contributed by atoms with Crippen LogP contribution in [0.5, 0.6) is 0 Å². The van der Waals surface area contributed by atoms with Crippen molar-refractivity contribution in [1.29, 1.82) is 0 Å². The molecule has 0 N–H and O–H groups in total. The first-order valence-electron chi connectivity index (χ1n) is 3.77. The Morgan fingerprint density at radius 2 is 2.00 bits per heavy atom. The quantitative estimate of drug-likeness (QED) is 0.599. The molecule has 0 atom stereocenters. The van der Waals surface area contributed by atoms with Crippen molar-refractivity contribution in [3.63, 3.8) is 0 Å². The maximum atomic E-state index is 5.48. The van der Waals surface area contributed by atoms with Gasteiger partial charge in [-0.3, -0.25) is 0 Å². The third-order valence-corrected chi connectivity index (χ3v) is 1.57. The number of rotatable bonds is 1. The minimum Gasteiger partial charge on any atom is -0.461 e. The van der Waals surface area contributed by atoms with Crippen molar-refractivity contribution >= 4 is 6.08 Å². The summed E-state index contributed by atoms with van der Waals surface area (Å²) in [5.41, 5.74) is 0.0985. The van der Waals surface area contributed by atoms with Crippen LogP contribution in [0.2, 0.25) is 0 Å². The molecular formula is C10H14O. The lowest BCUT2D eigenvalue weighted by Crippen LogP contribution is -2.08. The molecule has 1 heterocycles. The summed E-state index contributed by atoms with van der Waals surface area (Å²) in [7, 11) is 0. The predicted octanol–water partition coefficient (Wildman–Crippen LogP) is 3.22. The highest BCUT2D eigenvalue weighted by Gasteiger charge is 2.16. The third kappa shape index (κ3) is 1.73. The van der Waals surface area contributed by atoms with E-state index in [0.29, 0.717) is 0 Å². The molecular weight excluding hydrogens is 136 g/mol. The van der Waals surface area contributed by atoms with Gasteiger partial charge in [-0.2, -0.15) is 0 Å². The Hall–Kier alpha value is -0.980. The lowest BCUT2D eigenvalue weighted by molar-refractivity contribution is 0.405. The van der Waals surface area contributed by atoms with Gasteiger partial charge in [-0.15, -0.1) is 0 Å². The van der Waals surface area contributed by atoms with Gasteiger partial charge >= 0.3 is 0 Å². The Labute approximate surface area is 67.7 Å². The Kier molecular flexibility index (Phi) is 1.90. The van der Waals surface area contributed by atoms with E-state index in [2.05, 4.69) is 27.4 Å². The van der Waals surface area contributed by atoms with Crippen LogP contribution in [0.15, 0.2) is 23.1 Å². The maximum Gasteiger partial charge on any atom is 0.126 e. The molecule has 11 heavy (non-hydrogen) atoms. The Morgan fingerprint density at radius 3 is 2.27 bits per heavy atom. The van der Waals surface area contributed by atoms with E-state index in [9.17, 15) is 0 Å². The molecule has 0 radical (unpaired) electrons. The zero-order valence-corrected chi connectivity index (χ0v) is 7.35. The summed E-state index contributed by atoms with van der Waals surface area (Å²) in [6.45, 7) is 10.0. The highest BCUT2D eigenvalue weighted by Crippen LogP contribution is 2.24. The van der Waals surface area contributed by atoms with Gasteiger partial charge in [0.25, 0.3) is 0 Å². The van der Waals surface area contributed by atoms with Gasteiger partial charge in [0, 0.05) is 5.41 Å². The van der Waals surface area contributed by atoms with Gasteiger partial charge in [0.2, 0.25) is 0 Å². The van der Waals surface area contributed by atoms with E-state index in [4.69, 9.17) is 4.42 Å². The summed E-state index contributed by atoms with van der Waals surface area (Å²) in [4.78, 5) is 0. The van der Waals surface area contributed by atoms with Gasteiger partial charge in [0.05, 0.1) is 0 Å². The van der Waals surface area contributed by atoms with Crippen LogP contribution in [0.4, 0.5) is 0 Å².